The summed E-state index contributed by atoms with van der Waals surface area (Å²) in [4.78, 5) is 24.1. The average molecular weight is 315 g/mol. The summed E-state index contributed by atoms with van der Waals surface area (Å²) in [6.45, 7) is 10.8. The number of unbranched alkanes of at least 4 members (excludes halogenated alkanes) is 1. The molecule has 6 heteroatoms. The summed E-state index contributed by atoms with van der Waals surface area (Å²) < 4.78 is 5.21. The number of amides is 2. The predicted octanol–water partition coefficient (Wildman–Crippen LogP) is 2.17. The first-order valence-electron chi connectivity index (χ1n) is 8.13. The molecule has 130 valence electrons. The summed E-state index contributed by atoms with van der Waals surface area (Å²) >= 11 is 0. The smallest absolute Gasteiger partial charge is 0.408 e. The Kier molecular flexibility index (Phi) is 9.81. The normalized spacial score (nSPS) is 12.9. The Bertz CT molecular complexity index is 338. The van der Waals surface area contributed by atoms with Gasteiger partial charge in [-0.1, -0.05) is 13.8 Å². The van der Waals surface area contributed by atoms with Gasteiger partial charge in [0.05, 0.1) is 0 Å². The van der Waals surface area contributed by atoms with E-state index in [-0.39, 0.29) is 5.91 Å². The molecule has 0 aromatic carbocycles. The van der Waals surface area contributed by atoms with Crippen molar-refractivity contribution in [1.29, 1.82) is 0 Å². The van der Waals surface area contributed by atoms with Gasteiger partial charge in [0, 0.05) is 6.54 Å². The highest BCUT2D eigenvalue weighted by molar-refractivity contribution is 5.85. The van der Waals surface area contributed by atoms with Gasteiger partial charge in [0.25, 0.3) is 0 Å². The minimum Gasteiger partial charge on any atom is -0.444 e. The van der Waals surface area contributed by atoms with E-state index in [0.29, 0.717) is 25.4 Å². The van der Waals surface area contributed by atoms with Crippen molar-refractivity contribution in [3.05, 3.63) is 0 Å². The van der Waals surface area contributed by atoms with E-state index < -0.39 is 17.7 Å². The van der Waals surface area contributed by atoms with Crippen LogP contribution in [0.15, 0.2) is 0 Å². The molecule has 0 radical (unpaired) electrons. The van der Waals surface area contributed by atoms with Crippen molar-refractivity contribution < 1.29 is 14.3 Å². The fourth-order valence-corrected chi connectivity index (χ4v) is 1.82. The van der Waals surface area contributed by atoms with Crippen LogP contribution in [-0.4, -0.2) is 36.7 Å². The molecule has 0 heterocycles. The van der Waals surface area contributed by atoms with Gasteiger partial charge in [0.1, 0.15) is 11.6 Å². The quantitative estimate of drug-likeness (QED) is 0.568. The summed E-state index contributed by atoms with van der Waals surface area (Å²) in [7, 11) is 0. The molecule has 0 aliphatic heterocycles. The van der Waals surface area contributed by atoms with Crippen LogP contribution in [0.5, 0.6) is 0 Å². The second kappa shape index (κ2) is 10.4. The molecule has 0 aliphatic rings. The van der Waals surface area contributed by atoms with Gasteiger partial charge in [-0.3, -0.25) is 4.79 Å². The Labute approximate surface area is 134 Å². The molecule has 0 aromatic heterocycles. The van der Waals surface area contributed by atoms with Crippen molar-refractivity contribution in [2.24, 2.45) is 11.7 Å². The summed E-state index contributed by atoms with van der Waals surface area (Å²) in [5.41, 5.74) is 4.89. The van der Waals surface area contributed by atoms with E-state index in [2.05, 4.69) is 24.5 Å². The van der Waals surface area contributed by atoms with Gasteiger partial charge in [-0.15, -0.1) is 0 Å². The molecule has 0 saturated carbocycles. The van der Waals surface area contributed by atoms with Crippen LogP contribution in [0.2, 0.25) is 0 Å². The molecule has 1 atom stereocenters. The summed E-state index contributed by atoms with van der Waals surface area (Å²) in [5, 5.41) is 5.53. The Balaban J connectivity index is 4.46. The lowest BCUT2D eigenvalue weighted by Gasteiger charge is -2.23. The zero-order chi connectivity index (χ0) is 17.2. The third-order valence-corrected chi connectivity index (χ3v) is 2.98. The van der Waals surface area contributed by atoms with Crippen molar-refractivity contribution in [3.63, 3.8) is 0 Å². The van der Waals surface area contributed by atoms with Gasteiger partial charge in [0.15, 0.2) is 0 Å². The van der Waals surface area contributed by atoms with Crippen molar-refractivity contribution in [1.82, 2.24) is 10.6 Å². The third-order valence-electron chi connectivity index (χ3n) is 2.98. The highest BCUT2D eigenvalue weighted by Gasteiger charge is 2.23. The number of rotatable bonds is 9. The number of hydrogen-bond donors (Lipinski definition) is 3. The summed E-state index contributed by atoms with van der Waals surface area (Å²) in [5.74, 6) is 0.360. The maximum atomic E-state index is 12.2. The third kappa shape index (κ3) is 11.4. The van der Waals surface area contributed by atoms with Gasteiger partial charge in [-0.2, -0.15) is 0 Å². The van der Waals surface area contributed by atoms with Crippen LogP contribution in [0.3, 0.4) is 0 Å². The van der Waals surface area contributed by atoms with Crippen LogP contribution in [0.1, 0.15) is 60.3 Å². The molecule has 0 spiro atoms. The van der Waals surface area contributed by atoms with Gasteiger partial charge >= 0.3 is 6.09 Å². The first-order chi connectivity index (χ1) is 10.2. The van der Waals surface area contributed by atoms with Crippen LogP contribution < -0.4 is 16.4 Å². The molecule has 4 N–H and O–H groups in total. The zero-order valence-corrected chi connectivity index (χ0v) is 14.7. The molecular formula is C16H33N3O3. The van der Waals surface area contributed by atoms with Gasteiger partial charge in [-0.05, 0) is 58.9 Å². The van der Waals surface area contributed by atoms with Crippen LogP contribution in [0.25, 0.3) is 0 Å². The number of hydrogen-bond acceptors (Lipinski definition) is 4. The number of nitrogens with one attached hydrogen (secondary N) is 2. The topological polar surface area (TPSA) is 93.5 Å². The first kappa shape index (κ1) is 20.7. The van der Waals surface area contributed by atoms with E-state index in [1.54, 1.807) is 20.8 Å². The molecule has 1 unspecified atom stereocenters. The van der Waals surface area contributed by atoms with Crippen LogP contribution >= 0.6 is 0 Å². The maximum Gasteiger partial charge on any atom is 0.408 e. The van der Waals surface area contributed by atoms with E-state index in [1.165, 1.54) is 0 Å². The molecule has 6 nitrogen and oxygen atoms in total. The Morgan fingerprint density at radius 1 is 1.14 bits per heavy atom. The number of carbonyl (C=O) groups excluding carboxylic acids is 2. The maximum absolute atomic E-state index is 12.2. The molecule has 2 amide bonds. The van der Waals surface area contributed by atoms with E-state index in [9.17, 15) is 9.59 Å². The van der Waals surface area contributed by atoms with E-state index in [1.807, 2.05) is 0 Å². The Hall–Kier alpha value is -1.30. The van der Waals surface area contributed by atoms with Crippen LogP contribution in [0, 0.1) is 5.92 Å². The lowest BCUT2D eigenvalue weighted by Crippen LogP contribution is -2.48. The minimum absolute atomic E-state index is 0.163. The van der Waals surface area contributed by atoms with E-state index in [4.69, 9.17) is 10.5 Å². The van der Waals surface area contributed by atoms with Crippen molar-refractivity contribution in [2.45, 2.75) is 71.9 Å². The molecule has 0 aliphatic carbocycles. The van der Waals surface area contributed by atoms with Crippen molar-refractivity contribution in [2.75, 3.05) is 13.1 Å². The zero-order valence-electron chi connectivity index (χ0n) is 14.7. The Morgan fingerprint density at radius 3 is 2.27 bits per heavy atom. The van der Waals surface area contributed by atoms with Gasteiger partial charge in [0.2, 0.25) is 5.91 Å². The van der Waals surface area contributed by atoms with Gasteiger partial charge in [-0.25, -0.2) is 4.79 Å². The van der Waals surface area contributed by atoms with Gasteiger partial charge < -0.3 is 21.1 Å². The fourth-order valence-electron chi connectivity index (χ4n) is 1.82. The molecule has 0 rings (SSSR count). The fraction of sp³-hybridized carbons (Fsp3) is 0.875. The molecular weight excluding hydrogens is 282 g/mol. The van der Waals surface area contributed by atoms with Crippen LogP contribution in [0.4, 0.5) is 4.79 Å². The largest absolute Gasteiger partial charge is 0.444 e. The summed E-state index contributed by atoms with van der Waals surface area (Å²) in [6, 6.07) is -0.575. The molecule has 0 bridgehead atoms. The number of carbonyl (C=O) groups is 2. The lowest BCUT2D eigenvalue weighted by molar-refractivity contribution is -0.123. The first-order valence-corrected chi connectivity index (χ1v) is 8.13. The lowest BCUT2D eigenvalue weighted by atomic mass is 10.1. The molecule has 0 aromatic rings. The number of nitrogens with two attached hydrogens (primary N) is 1. The SMILES string of the molecule is CC(C)CCNC(=O)C(CCCCN)NC(=O)OC(C)(C)C. The minimum atomic E-state index is -0.583. The highest BCUT2D eigenvalue weighted by Crippen LogP contribution is 2.08. The van der Waals surface area contributed by atoms with Crippen molar-refractivity contribution >= 4 is 12.0 Å². The Morgan fingerprint density at radius 2 is 1.77 bits per heavy atom. The predicted molar refractivity (Wildman–Crippen MR) is 88.5 cm³/mol. The molecule has 0 fully saturated rings. The highest BCUT2D eigenvalue weighted by atomic mass is 16.6. The summed E-state index contributed by atoms with van der Waals surface area (Å²) in [6.07, 6.45) is 2.52. The second-order valence-electron chi connectivity index (χ2n) is 6.96. The average Bonchev–Trinajstić information content (AvgIpc) is 2.35. The number of ether oxygens (including phenoxy) is 1. The van der Waals surface area contributed by atoms with E-state index >= 15 is 0 Å². The molecule has 0 saturated heterocycles. The van der Waals surface area contributed by atoms with E-state index in [0.717, 1.165) is 19.3 Å². The standard InChI is InChI=1S/C16H33N3O3/c1-12(2)9-11-18-14(20)13(8-6-7-10-17)19-15(21)22-16(3,4)5/h12-13H,6-11,17H2,1-5H3,(H,18,20)(H,19,21). The number of alkyl carbamates (subject to hydrolysis) is 1. The monoisotopic (exact) mass is 315 g/mol. The van der Waals surface area contributed by atoms with Crippen LogP contribution in [-0.2, 0) is 9.53 Å². The molecule has 22 heavy (non-hydrogen) atoms. The van der Waals surface area contributed by atoms with Crippen molar-refractivity contribution in [3.8, 4) is 0 Å². The second-order valence-corrected chi connectivity index (χ2v) is 6.96.